The average Bonchev–Trinajstić information content (AvgIpc) is 2.15. The van der Waals surface area contributed by atoms with E-state index in [1.165, 1.54) is 0 Å². The van der Waals surface area contributed by atoms with Gasteiger partial charge in [0.15, 0.2) is 0 Å². The van der Waals surface area contributed by atoms with E-state index in [2.05, 4.69) is 4.98 Å². The number of hydrogen-bond donors (Lipinski definition) is 2. The maximum absolute atomic E-state index is 10.0. The van der Waals surface area contributed by atoms with Crippen molar-refractivity contribution >= 4 is 16.7 Å². The van der Waals surface area contributed by atoms with E-state index in [1.54, 1.807) is 19.9 Å². The molecule has 2 aromatic rings. The number of hydrogen-bond acceptors (Lipinski definition) is 3. The van der Waals surface area contributed by atoms with Gasteiger partial charge in [-0.15, -0.1) is 0 Å². The van der Waals surface area contributed by atoms with Gasteiger partial charge in [0.05, 0.1) is 11.1 Å². The molecule has 0 unspecified atom stereocenters. The van der Waals surface area contributed by atoms with Crippen LogP contribution in [0.3, 0.4) is 0 Å². The van der Waals surface area contributed by atoms with Crippen LogP contribution in [0, 0.1) is 0 Å². The topological polar surface area (TPSA) is 59.1 Å². The monoisotopic (exact) mass is 202 g/mol. The maximum atomic E-state index is 10.0. The molecule has 0 radical (unpaired) electrons. The predicted molar refractivity (Wildman–Crippen MR) is 61.4 cm³/mol. The lowest BCUT2D eigenvalue weighted by Gasteiger charge is -2.20. The fourth-order valence-electron chi connectivity index (χ4n) is 1.70. The molecule has 3 heteroatoms. The molecule has 0 spiro atoms. The van der Waals surface area contributed by atoms with Crippen LogP contribution in [-0.4, -0.2) is 10.1 Å². The van der Waals surface area contributed by atoms with Crippen LogP contribution in [0.5, 0.6) is 0 Å². The number of rotatable bonds is 1. The Morgan fingerprint density at radius 1 is 1.27 bits per heavy atom. The van der Waals surface area contributed by atoms with Crippen LogP contribution < -0.4 is 5.73 Å². The summed E-state index contributed by atoms with van der Waals surface area (Å²) in [6.07, 6.45) is 0. The summed E-state index contributed by atoms with van der Waals surface area (Å²) in [5.41, 5.74) is 6.42. The summed E-state index contributed by atoms with van der Waals surface area (Å²) >= 11 is 0. The van der Waals surface area contributed by atoms with Crippen LogP contribution in [0.4, 0.5) is 5.82 Å². The Morgan fingerprint density at radius 3 is 2.60 bits per heavy atom. The summed E-state index contributed by atoms with van der Waals surface area (Å²) in [6.45, 7) is 3.49. The van der Waals surface area contributed by atoms with E-state index in [-0.39, 0.29) is 0 Å². The lowest BCUT2D eigenvalue weighted by atomic mass is 9.94. The summed E-state index contributed by atoms with van der Waals surface area (Å²) in [6, 6.07) is 9.39. The number of benzene rings is 1. The summed E-state index contributed by atoms with van der Waals surface area (Å²) in [5.74, 6) is 0.436. The minimum atomic E-state index is -0.906. The number of para-hydroxylation sites is 1. The number of aromatic nitrogens is 1. The van der Waals surface area contributed by atoms with Crippen molar-refractivity contribution < 1.29 is 5.11 Å². The van der Waals surface area contributed by atoms with Crippen LogP contribution in [0.1, 0.15) is 19.4 Å². The van der Waals surface area contributed by atoms with Crippen molar-refractivity contribution in [2.45, 2.75) is 19.4 Å². The highest BCUT2D eigenvalue weighted by Crippen LogP contribution is 2.28. The Bertz CT molecular complexity index is 500. The lowest BCUT2D eigenvalue weighted by molar-refractivity contribution is 0.0802. The van der Waals surface area contributed by atoms with Crippen LogP contribution in [-0.2, 0) is 5.60 Å². The Kier molecular flexibility index (Phi) is 2.12. The van der Waals surface area contributed by atoms with Gasteiger partial charge in [0.1, 0.15) is 5.82 Å². The quantitative estimate of drug-likeness (QED) is 0.744. The smallest absolute Gasteiger partial charge is 0.124 e. The van der Waals surface area contributed by atoms with Gasteiger partial charge in [-0.1, -0.05) is 18.2 Å². The van der Waals surface area contributed by atoms with E-state index in [0.717, 1.165) is 16.5 Å². The predicted octanol–water partition coefficient (Wildman–Crippen LogP) is 2.04. The fraction of sp³-hybridized carbons (Fsp3) is 0.250. The van der Waals surface area contributed by atoms with Crippen molar-refractivity contribution in [2.75, 3.05) is 5.73 Å². The molecule has 0 aliphatic rings. The first-order valence-electron chi connectivity index (χ1n) is 4.86. The first-order chi connectivity index (χ1) is 6.98. The second kappa shape index (κ2) is 3.21. The molecule has 78 valence electrons. The molecule has 15 heavy (non-hydrogen) atoms. The minimum absolute atomic E-state index is 0.436. The van der Waals surface area contributed by atoms with Crippen molar-refractivity contribution in [3.05, 3.63) is 35.9 Å². The molecule has 0 saturated heterocycles. The van der Waals surface area contributed by atoms with Crippen molar-refractivity contribution in [3.8, 4) is 0 Å². The van der Waals surface area contributed by atoms with Gasteiger partial charge in [-0.25, -0.2) is 4.98 Å². The van der Waals surface area contributed by atoms with Gasteiger partial charge < -0.3 is 10.8 Å². The maximum Gasteiger partial charge on any atom is 0.124 e. The van der Waals surface area contributed by atoms with Crippen molar-refractivity contribution in [2.24, 2.45) is 0 Å². The van der Waals surface area contributed by atoms with Crippen molar-refractivity contribution in [3.63, 3.8) is 0 Å². The molecule has 2 rings (SSSR count). The van der Waals surface area contributed by atoms with Crippen molar-refractivity contribution in [1.82, 2.24) is 4.98 Å². The SMILES string of the molecule is CC(C)(O)c1cc(N)nc2ccccc12. The molecule has 0 atom stereocenters. The second-order valence-electron chi connectivity index (χ2n) is 4.17. The highest BCUT2D eigenvalue weighted by atomic mass is 16.3. The van der Waals surface area contributed by atoms with Crippen molar-refractivity contribution in [1.29, 1.82) is 0 Å². The molecular weight excluding hydrogens is 188 g/mol. The zero-order chi connectivity index (χ0) is 11.1. The lowest BCUT2D eigenvalue weighted by Crippen LogP contribution is -2.16. The van der Waals surface area contributed by atoms with Gasteiger partial charge in [0.2, 0.25) is 0 Å². The van der Waals surface area contributed by atoms with Gasteiger partial charge >= 0.3 is 0 Å². The van der Waals surface area contributed by atoms with E-state index in [0.29, 0.717) is 5.82 Å². The highest BCUT2D eigenvalue weighted by Gasteiger charge is 2.19. The van der Waals surface area contributed by atoms with Crippen LogP contribution in [0.25, 0.3) is 10.9 Å². The molecule has 0 aliphatic heterocycles. The highest BCUT2D eigenvalue weighted by molar-refractivity contribution is 5.84. The Hall–Kier alpha value is -1.61. The third-order valence-corrected chi connectivity index (χ3v) is 2.40. The van der Waals surface area contributed by atoms with E-state index in [1.807, 2.05) is 24.3 Å². The summed E-state index contributed by atoms with van der Waals surface area (Å²) in [7, 11) is 0. The molecule has 0 aliphatic carbocycles. The van der Waals surface area contributed by atoms with Gasteiger partial charge in [-0.2, -0.15) is 0 Å². The van der Waals surface area contributed by atoms with Crippen LogP contribution in [0.15, 0.2) is 30.3 Å². The summed E-state index contributed by atoms with van der Waals surface area (Å²) in [5, 5.41) is 11.0. The summed E-state index contributed by atoms with van der Waals surface area (Å²) in [4.78, 5) is 4.22. The van der Waals surface area contributed by atoms with E-state index < -0.39 is 5.60 Å². The first-order valence-corrected chi connectivity index (χ1v) is 4.86. The zero-order valence-corrected chi connectivity index (χ0v) is 8.86. The molecule has 1 aromatic carbocycles. The van der Waals surface area contributed by atoms with Crippen LogP contribution in [0.2, 0.25) is 0 Å². The molecule has 0 bridgehead atoms. The third-order valence-electron chi connectivity index (χ3n) is 2.40. The number of aliphatic hydroxyl groups is 1. The molecule has 3 nitrogen and oxygen atoms in total. The number of nitrogens with zero attached hydrogens (tertiary/aromatic N) is 1. The normalized spacial score (nSPS) is 11.9. The van der Waals surface area contributed by atoms with E-state index >= 15 is 0 Å². The molecule has 0 saturated carbocycles. The molecule has 0 fully saturated rings. The average molecular weight is 202 g/mol. The fourth-order valence-corrected chi connectivity index (χ4v) is 1.70. The van der Waals surface area contributed by atoms with E-state index in [9.17, 15) is 5.11 Å². The van der Waals surface area contributed by atoms with Gasteiger partial charge in [-0.05, 0) is 31.5 Å². The molecule has 3 N–H and O–H groups in total. The molecular formula is C12H14N2O. The standard InChI is InChI=1S/C12H14N2O/c1-12(2,15)9-7-11(13)14-10-6-4-3-5-8(9)10/h3-7,15H,1-2H3,(H2,13,14). The zero-order valence-electron chi connectivity index (χ0n) is 8.86. The third kappa shape index (κ3) is 1.78. The molecule has 1 aromatic heterocycles. The minimum Gasteiger partial charge on any atom is -0.386 e. The second-order valence-corrected chi connectivity index (χ2v) is 4.17. The largest absolute Gasteiger partial charge is 0.386 e. The van der Waals surface area contributed by atoms with Gasteiger partial charge in [-0.3, -0.25) is 0 Å². The molecule has 0 amide bonds. The number of anilines is 1. The van der Waals surface area contributed by atoms with Crippen LogP contribution >= 0.6 is 0 Å². The number of pyridine rings is 1. The number of nitrogens with two attached hydrogens (primary N) is 1. The number of nitrogen functional groups attached to an aromatic ring is 1. The Balaban J connectivity index is 2.83. The Morgan fingerprint density at radius 2 is 1.93 bits per heavy atom. The summed E-state index contributed by atoms with van der Waals surface area (Å²) < 4.78 is 0. The Labute approximate surface area is 88.6 Å². The molecule has 1 heterocycles. The van der Waals surface area contributed by atoms with Gasteiger partial charge in [0.25, 0.3) is 0 Å². The first kappa shape index (κ1) is 9.93. The van der Waals surface area contributed by atoms with Gasteiger partial charge in [0, 0.05) is 5.39 Å². The van der Waals surface area contributed by atoms with E-state index in [4.69, 9.17) is 5.73 Å². The number of fused-ring (bicyclic) bond motifs is 1.